The summed E-state index contributed by atoms with van der Waals surface area (Å²) in [5.74, 6) is 0.529. The molecular weight excluding hydrogens is 366 g/mol. The Morgan fingerprint density at radius 2 is 1.78 bits per heavy atom. The van der Waals surface area contributed by atoms with Gasteiger partial charge in [0.2, 0.25) is 5.91 Å². The molecule has 0 aromatic heterocycles. The van der Waals surface area contributed by atoms with E-state index in [2.05, 4.69) is 4.90 Å². The first-order chi connectivity index (χ1) is 12.9. The number of hydrogen-bond acceptors (Lipinski definition) is 5. The van der Waals surface area contributed by atoms with Crippen LogP contribution >= 0.6 is 0 Å². The van der Waals surface area contributed by atoms with E-state index < -0.39 is 9.84 Å². The molecule has 146 valence electrons. The summed E-state index contributed by atoms with van der Waals surface area (Å²) in [5, 5.41) is 0. The summed E-state index contributed by atoms with van der Waals surface area (Å²) in [4.78, 5) is 30.9. The average Bonchev–Trinajstić information content (AvgIpc) is 3.26. The maximum Gasteiger partial charge on any atom is 0.256 e. The Morgan fingerprint density at radius 3 is 2.41 bits per heavy atom. The number of sulfone groups is 1. The topological polar surface area (TPSA) is 78.0 Å². The van der Waals surface area contributed by atoms with Crippen LogP contribution in [0.4, 0.5) is 5.69 Å². The van der Waals surface area contributed by atoms with Crippen LogP contribution in [0.15, 0.2) is 24.3 Å². The summed E-state index contributed by atoms with van der Waals surface area (Å²) in [5.41, 5.74) is 1.28. The summed E-state index contributed by atoms with van der Waals surface area (Å²) < 4.78 is 23.4. The molecule has 3 heterocycles. The lowest BCUT2D eigenvalue weighted by atomic mass is 10.1. The summed E-state index contributed by atoms with van der Waals surface area (Å²) in [6, 6.07) is 7.41. The molecule has 3 aliphatic heterocycles. The van der Waals surface area contributed by atoms with Crippen molar-refractivity contribution in [1.29, 1.82) is 0 Å². The standard InChI is InChI=1S/C19H25N3O4S/c23-18-6-3-8-22(18)17-5-2-1-4-16(17)19(24)21-11-9-20(10-12-21)15-7-13-27(25,26)14-15/h1-2,4-5,15H,3,6-14H2/t15-/m0/s1. The minimum atomic E-state index is -2.90. The molecule has 27 heavy (non-hydrogen) atoms. The van der Waals surface area contributed by atoms with Crippen LogP contribution in [0.2, 0.25) is 0 Å². The third-order valence-electron chi connectivity index (χ3n) is 5.82. The van der Waals surface area contributed by atoms with Crippen molar-refractivity contribution in [3.05, 3.63) is 29.8 Å². The number of carbonyl (C=O) groups is 2. The Morgan fingerprint density at radius 1 is 1.04 bits per heavy atom. The first-order valence-electron chi connectivity index (χ1n) is 9.58. The number of piperazine rings is 1. The van der Waals surface area contributed by atoms with Gasteiger partial charge in [-0.2, -0.15) is 0 Å². The average molecular weight is 391 g/mol. The second kappa shape index (κ2) is 7.24. The monoisotopic (exact) mass is 391 g/mol. The van der Waals surface area contributed by atoms with Crippen LogP contribution in [-0.2, 0) is 14.6 Å². The second-order valence-electron chi connectivity index (χ2n) is 7.55. The van der Waals surface area contributed by atoms with Crippen molar-refractivity contribution in [1.82, 2.24) is 9.80 Å². The van der Waals surface area contributed by atoms with Gasteiger partial charge in [0, 0.05) is 45.2 Å². The molecule has 7 nitrogen and oxygen atoms in total. The first kappa shape index (κ1) is 18.4. The number of rotatable bonds is 3. The molecule has 0 spiro atoms. The Hall–Kier alpha value is -1.93. The maximum absolute atomic E-state index is 13.1. The molecule has 3 saturated heterocycles. The van der Waals surface area contributed by atoms with E-state index >= 15 is 0 Å². The van der Waals surface area contributed by atoms with Gasteiger partial charge in [0.15, 0.2) is 9.84 Å². The van der Waals surface area contributed by atoms with Crippen molar-refractivity contribution < 1.29 is 18.0 Å². The Labute approximate surface area is 159 Å². The predicted molar refractivity (Wildman–Crippen MR) is 103 cm³/mol. The molecular formula is C19H25N3O4S. The molecule has 4 rings (SSSR count). The quantitative estimate of drug-likeness (QED) is 0.760. The van der Waals surface area contributed by atoms with E-state index in [9.17, 15) is 18.0 Å². The number of para-hydroxylation sites is 1. The predicted octanol–water partition coefficient (Wildman–Crippen LogP) is 0.758. The van der Waals surface area contributed by atoms with Gasteiger partial charge in [0.25, 0.3) is 5.91 Å². The van der Waals surface area contributed by atoms with E-state index in [0.717, 1.165) is 6.42 Å². The molecule has 0 saturated carbocycles. The molecule has 0 bridgehead atoms. The normalized spacial score (nSPS) is 25.9. The van der Waals surface area contributed by atoms with Gasteiger partial charge in [0.05, 0.1) is 22.8 Å². The lowest BCUT2D eigenvalue weighted by Crippen LogP contribution is -2.52. The van der Waals surface area contributed by atoms with Crippen LogP contribution < -0.4 is 4.90 Å². The van der Waals surface area contributed by atoms with Crippen LogP contribution in [0.1, 0.15) is 29.6 Å². The lowest BCUT2D eigenvalue weighted by molar-refractivity contribution is -0.117. The van der Waals surface area contributed by atoms with Crippen molar-refractivity contribution in [2.75, 3.05) is 49.1 Å². The molecule has 0 unspecified atom stereocenters. The van der Waals surface area contributed by atoms with Gasteiger partial charge < -0.3 is 9.80 Å². The molecule has 3 aliphatic rings. The molecule has 3 fully saturated rings. The van der Waals surface area contributed by atoms with E-state index in [1.165, 1.54) is 0 Å². The zero-order chi connectivity index (χ0) is 19.0. The fraction of sp³-hybridized carbons (Fsp3) is 0.579. The fourth-order valence-electron chi connectivity index (χ4n) is 4.32. The summed E-state index contributed by atoms with van der Waals surface area (Å²) in [6.45, 7) is 3.20. The van der Waals surface area contributed by atoms with Gasteiger partial charge in [-0.05, 0) is 25.0 Å². The van der Waals surface area contributed by atoms with Gasteiger partial charge >= 0.3 is 0 Å². The minimum absolute atomic E-state index is 0.0519. The van der Waals surface area contributed by atoms with Crippen LogP contribution in [0, 0.1) is 0 Å². The minimum Gasteiger partial charge on any atom is -0.336 e. The van der Waals surface area contributed by atoms with Gasteiger partial charge in [-0.25, -0.2) is 8.42 Å². The smallest absolute Gasteiger partial charge is 0.256 e. The van der Waals surface area contributed by atoms with Crippen LogP contribution in [-0.4, -0.2) is 80.3 Å². The molecule has 2 amide bonds. The largest absolute Gasteiger partial charge is 0.336 e. The van der Waals surface area contributed by atoms with E-state index in [-0.39, 0.29) is 29.4 Å². The maximum atomic E-state index is 13.1. The Kier molecular flexibility index (Phi) is 4.94. The van der Waals surface area contributed by atoms with Gasteiger partial charge in [-0.15, -0.1) is 0 Å². The van der Waals surface area contributed by atoms with Crippen LogP contribution in [0.3, 0.4) is 0 Å². The number of amides is 2. The molecule has 0 radical (unpaired) electrons. The SMILES string of the molecule is O=C(c1ccccc1N1CCCC1=O)N1CCN([C@H]2CCS(=O)(=O)C2)CC1. The molecule has 0 N–H and O–H groups in total. The van der Waals surface area contributed by atoms with E-state index in [0.29, 0.717) is 56.8 Å². The fourth-order valence-corrected chi connectivity index (χ4v) is 6.08. The Balaban J connectivity index is 1.44. The highest BCUT2D eigenvalue weighted by atomic mass is 32.2. The zero-order valence-electron chi connectivity index (χ0n) is 15.3. The van der Waals surface area contributed by atoms with Crippen molar-refractivity contribution in [2.24, 2.45) is 0 Å². The Bertz CT molecular complexity index is 846. The van der Waals surface area contributed by atoms with Gasteiger partial charge in [-0.1, -0.05) is 12.1 Å². The second-order valence-corrected chi connectivity index (χ2v) is 9.78. The van der Waals surface area contributed by atoms with E-state index in [1.807, 2.05) is 23.1 Å². The number of anilines is 1. The molecule has 1 aromatic rings. The summed E-state index contributed by atoms with van der Waals surface area (Å²) in [6.07, 6.45) is 2.05. The highest BCUT2D eigenvalue weighted by Gasteiger charge is 2.35. The van der Waals surface area contributed by atoms with Crippen molar-refractivity contribution >= 4 is 27.3 Å². The highest BCUT2D eigenvalue weighted by Crippen LogP contribution is 2.27. The number of nitrogens with zero attached hydrogens (tertiary/aromatic N) is 3. The number of benzene rings is 1. The summed E-state index contributed by atoms with van der Waals surface area (Å²) in [7, 11) is -2.90. The van der Waals surface area contributed by atoms with Crippen molar-refractivity contribution in [3.8, 4) is 0 Å². The number of hydrogen-bond donors (Lipinski definition) is 0. The third kappa shape index (κ3) is 3.73. The molecule has 8 heteroatoms. The lowest BCUT2D eigenvalue weighted by Gasteiger charge is -2.38. The molecule has 1 atom stereocenters. The van der Waals surface area contributed by atoms with Crippen molar-refractivity contribution in [3.63, 3.8) is 0 Å². The van der Waals surface area contributed by atoms with E-state index in [1.54, 1.807) is 11.0 Å². The molecule has 1 aromatic carbocycles. The summed E-state index contributed by atoms with van der Waals surface area (Å²) >= 11 is 0. The third-order valence-corrected chi connectivity index (χ3v) is 7.58. The van der Waals surface area contributed by atoms with Gasteiger partial charge in [0.1, 0.15) is 0 Å². The highest BCUT2D eigenvalue weighted by molar-refractivity contribution is 7.91. The van der Waals surface area contributed by atoms with Crippen LogP contribution in [0.25, 0.3) is 0 Å². The van der Waals surface area contributed by atoms with E-state index in [4.69, 9.17) is 0 Å². The van der Waals surface area contributed by atoms with Crippen molar-refractivity contribution in [2.45, 2.75) is 25.3 Å². The zero-order valence-corrected chi connectivity index (χ0v) is 16.2. The number of carbonyl (C=O) groups excluding carboxylic acids is 2. The first-order valence-corrected chi connectivity index (χ1v) is 11.4. The van der Waals surface area contributed by atoms with Gasteiger partial charge in [-0.3, -0.25) is 14.5 Å². The van der Waals surface area contributed by atoms with Crippen LogP contribution in [0.5, 0.6) is 0 Å². The molecule has 0 aliphatic carbocycles.